The van der Waals surface area contributed by atoms with Gasteiger partial charge in [0.25, 0.3) is 0 Å². The molecule has 1 fully saturated rings. The summed E-state index contributed by atoms with van der Waals surface area (Å²) >= 11 is 0. The van der Waals surface area contributed by atoms with E-state index in [9.17, 15) is 18.0 Å². The van der Waals surface area contributed by atoms with Crippen molar-refractivity contribution in [2.45, 2.75) is 12.6 Å². The Morgan fingerprint density at radius 1 is 1.45 bits per heavy atom. The number of carbonyl (C=O) groups excluding carboxylic acids is 1. The first-order chi connectivity index (χ1) is 9.41. The van der Waals surface area contributed by atoms with E-state index in [4.69, 9.17) is 5.26 Å². The summed E-state index contributed by atoms with van der Waals surface area (Å²) in [5, 5.41) is 14.4. The largest absolute Gasteiger partial charge is 0.416 e. The van der Waals surface area contributed by atoms with E-state index in [0.29, 0.717) is 13.0 Å². The maximum Gasteiger partial charge on any atom is 0.416 e. The van der Waals surface area contributed by atoms with Crippen LogP contribution < -0.4 is 10.6 Å². The lowest BCUT2D eigenvalue weighted by atomic mass is 10.1. The van der Waals surface area contributed by atoms with Crippen LogP contribution in [0.15, 0.2) is 18.2 Å². The molecule has 0 aliphatic carbocycles. The average molecular weight is 283 g/mol. The van der Waals surface area contributed by atoms with Crippen LogP contribution in [-0.4, -0.2) is 19.0 Å². The van der Waals surface area contributed by atoms with Crippen molar-refractivity contribution in [2.24, 2.45) is 5.92 Å². The Morgan fingerprint density at radius 2 is 2.20 bits per heavy atom. The maximum atomic E-state index is 12.5. The Bertz CT molecular complexity index is 557. The Morgan fingerprint density at radius 3 is 2.75 bits per heavy atom. The summed E-state index contributed by atoms with van der Waals surface area (Å²) in [4.78, 5) is 11.9. The second-order valence-electron chi connectivity index (χ2n) is 4.55. The molecule has 2 N–H and O–H groups in total. The third-order valence-electron chi connectivity index (χ3n) is 3.16. The van der Waals surface area contributed by atoms with Crippen LogP contribution in [0.4, 0.5) is 18.9 Å². The quantitative estimate of drug-likeness (QED) is 0.873. The van der Waals surface area contributed by atoms with Crippen LogP contribution in [0.3, 0.4) is 0 Å². The summed E-state index contributed by atoms with van der Waals surface area (Å²) in [6.07, 6.45) is -3.84. The van der Waals surface area contributed by atoms with Crippen molar-refractivity contribution >= 4 is 11.6 Å². The monoisotopic (exact) mass is 283 g/mol. The van der Waals surface area contributed by atoms with Crippen LogP contribution in [0.2, 0.25) is 0 Å². The summed E-state index contributed by atoms with van der Waals surface area (Å²) in [6.45, 7) is 1.27. The van der Waals surface area contributed by atoms with Crippen LogP contribution in [0, 0.1) is 17.2 Å². The molecule has 1 aliphatic rings. The van der Waals surface area contributed by atoms with Crippen molar-refractivity contribution in [1.82, 2.24) is 5.32 Å². The molecule has 20 heavy (non-hydrogen) atoms. The van der Waals surface area contributed by atoms with Crippen LogP contribution in [0.25, 0.3) is 0 Å². The van der Waals surface area contributed by atoms with Gasteiger partial charge in [-0.2, -0.15) is 18.4 Å². The molecule has 2 rings (SSSR count). The Hall–Kier alpha value is -2.07. The number of amides is 1. The van der Waals surface area contributed by atoms with E-state index in [1.54, 1.807) is 6.07 Å². The number of anilines is 1. The normalized spacial score (nSPS) is 18.6. The topological polar surface area (TPSA) is 64.9 Å². The van der Waals surface area contributed by atoms with Gasteiger partial charge in [-0.15, -0.1) is 0 Å². The van der Waals surface area contributed by atoms with Crippen molar-refractivity contribution in [3.05, 3.63) is 29.3 Å². The highest BCUT2D eigenvalue weighted by Gasteiger charge is 2.31. The molecule has 0 spiro atoms. The number of nitriles is 1. The molecule has 1 aromatic carbocycles. The zero-order chi connectivity index (χ0) is 14.8. The number of hydrogen-bond donors (Lipinski definition) is 2. The third-order valence-corrected chi connectivity index (χ3v) is 3.16. The van der Waals surface area contributed by atoms with Crippen molar-refractivity contribution in [2.75, 3.05) is 18.4 Å². The summed E-state index contributed by atoms with van der Waals surface area (Å²) in [5.41, 5.74) is -0.994. The molecule has 1 amide bonds. The van der Waals surface area contributed by atoms with Crippen molar-refractivity contribution in [3.63, 3.8) is 0 Å². The molecule has 7 heteroatoms. The third kappa shape index (κ3) is 3.08. The molecule has 0 radical (unpaired) electrons. The molecule has 1 atom stereocenters. The van der Waals surface area contributed by atoms with E-state index < -0.39 is 11.7 Å². The van der Waals surface area contributed by atoms with Gasteiger partial charge in [-0.1, -0.05) is 0 Å². The first-order valence-electron chi connectivity index (χ1n) is 6.04. The number of benzene rings is 1. The lowest BCUT2D eigenvalue weighted by molar-refractivity contribution is -0.137. The van der Waals surface area contributed by atoms with Gasteiger partial charge in [0.15, 0.2) is 0 Å². The number of carbonyl (C=O) groups is 1. The Balaban J connectivity index is 2.20. The molecule has 1 heterocycles. The zero-order valence-electron chi connectivity index (χ0n) is 10.4. The summed E-state index contributed by atoms with van der Waals surface area (Å²) in [7, 11) is 0. The fourth-order valence-electron chi connectivity index (χ4n) is 2.04. The molecule has 106 valence electrons. The van der Waals surface area contributed by atoms with E-state index in [-0.39, 0.29) is 23.1 Å². The van der Waals surface area contributed by atoms with Crippen LogP contribution >= 0.6 is 0 Å². The van der Waals surface area contributed by atoms with Crippen molar-refractivity contribution in [3.8, 4) is 6.07 Å². The van der Waals surface area contributed by atoms with Gasteiger partial charge >= 0.3 is 6.18 Å². The van der Waals surface area contributed by atoms with E-state index in [0.717, 1.165) is 24.7 Å². The molecule has 4 nitrogen and oxygen atoms in total. The summed E-state index contributed by atoms with van der Waals surface area (Å²) in [6, 6.07) is 4.38. The van der Waals surface area contributed by atoms with Gasteiger partial charge in [0.2, 0.25) is 5.91 Å². The second-order valence-corrected chi connectivity index (χ2v) is 4.55. The Labute approximate surface area is 113 Å². The summed E-state index contributed by atoms with van der Waals surface area (Å²) in [5.74, 6) is -0.505. The molecule has 1 saturated heterocycles. The molecule has 1 aliphatic heterocycles. The van der Waals surface area contributed by atoms with E-state index in [1.807, 2.05) is 0 Å². The molecular weight excluding hydrogens is 271 g/mol. The van der Waals surface area contributed by atoms with Gasteiger partial charge in [0, 0.05) is 6.54 Å². The number of nitrogens with one attached hydrogen (secondary N) is 2. The van der Waals surface area contributed by atoms with Crippen molar-refractivity contribution < 1.29 is 18.0 Å². The minimum Gasteiger partial charge on any atom is -0.325 e. The number of hydrogen-bond acceptors (Lipinski definition) is 3. The van der Waals surface area contributed by atoms with Crippen LogP contribution in [0.5, 0.6) is 0 Å². The smallest absolute Gasteiger partial charge is 0.325 e. The number of nitrogens with zero attached hydrogens (tertiary/aromatic N) is 1. The maximum absolute atomic E-state index is 12.5. The van der Waals surface area contributed by atoms with Crippen molar-refractivity contribution in [1.29, 1.82) is 5.26 Å². The Kier molecular flexibility index (Phi) is 3.95. The van der Waals surface area contributed by atoms with Gasteiger partial charge in [0.1, 0.15) is 6.07 Å². The molecule has 0 bridgehead atoms. The van der Waals surface area contributed by atoms with Gasteiger partial charge in [-0.25, -0.2) is 0 Å². The minimum absolute atomic E-state index is 0.109. The van der Waals surface area contributed by atoms with Gasteiger partial charge in [-0.05, 0) is 31.2 Å². The predicted octanol–water partition coefficient (Wildman–Crippen LogP) is 2.13. The fraction of sp³-hybridized carbons (Fsp3) is 0.385. The first kappa shape index (κ1) is 14.3. The highest BCUT2D eigenvalue weighted by Crippen LogP contribution is 2.31. The average Bonchev–Trinajstić information content (AvgIpc) is 2.91. The van der Waals surface area contributed by atoms with Gasteiger partial charge in [0.05, 0.1) is 22.7 Å². The number of rotatable bonds is 2. The van der Waals surface area contributed by atoms with E-state index in [2.05, 4.69) is 10.6 Å². The van der Waals surface area contributed by atoms with E-state index >= 15 is 0 Å². The predicted molar refractivity (Wildman–Crippen MR) is 65.8 cm³/mol. The van der Waals surface area contributed by atoms with Gasteiger partial charge in [-0.3, -0.25) is 4.79 Å². The SMILES string of the molecule is N#Cc1cc(C(F)(F)F)ccc1NC(=O)C1CCNC1. The highest BCUT2D eigenvalue weighted by molar-refractivity contribution is 5.94. The molecule has 1 unspecified atom stereocenters. The lowest BCUT2D eigenvalue weighted by Crippen LogP contribution is -2.25. The minimum atomic E-state index is -4.51. The van der Waals surface area contributed by atoms with Crippen LogP contribution in [-0.2, 0) is 11.0 Å². The zero-order valence-corrected chi connectivity index (χ0v) is 10.4. The second kappa shape index (κ2) is 5.51. The molecule has 0 saturated carbocycles. The lowest BCUT2D eigenvalue weighted by Gasteiger charge is -2.13. The molecular formula is C13H12F3N3O. The fourth-order valence-corrected chi connectivity index (χ4v) is 2.04. The summed E-state index contributed by atoms with van der Waals surface area (Å²) < 4.78 is 37.6. The standard InChI is InChI=1S/C13H12F3N3O/c14-13(15,16)10-1-2-11(9(5-10)6-17)19-12(20)8-3-4-18-7-8/h1-2,5,8,18H,3-4,7H2,(H,19,20). The highest BCUT2D eigenvalue weighted by atomic mass is 19.4. The number of alkyl halides is 3. The number of halogens is 3. The molecule has 0 aromatic heterocycles. The van der Waals surface area contributed by atoms with Crippen LogP contribution in [0.1, 0.15) is 17.5 Å². The molecule has 1 aromatic rings. The van der Waals surface area contributed by atoms with Gasteiger partial charge < -0.3 is 10.6 Å². The first-order valence-corrected chi connectivity index (χ1v) is 6.04. The van der Waals surface area contributed by atoms with E-state index in [1.165, 1.54) is 0 Å².